The number of aromatic nitrogens is 1. The summed E-state index contributed by atoms with van der Waals surface area (Å²) in [6.07, 6.45) is 2.55. The van der Waals surface area contributed by atoms with Crippen LogP contribution in [0.3, 0.4) is 0 Å². The number of carbonyl (C=O) groups is 2. The first-order valence-electron chi connectivity index (χ1n) is 10.4. The minimum absolute atomic E-state index is 0.161. The molecule has 2 aromatic carbocycles. The Morgan fingerprint density at radius 1 is 1.25 bits per heavy atom. The molecule has 1 aromatic heterocycles. The normalized spacial score (nSPS) is 18.8. The monoisotopic (exact) mass is 471 g/mol. The number of aryl methyl sites for hydroxylation is 1. The van der Waals surface area contributed by atoms with Crippen molar-refractivity contribution in [1.82, 2.24) is 15.2 Å². The molecule has 2 heterocycles. The van der Waals surface area contributed by atoms with Gasteiger partial charge in [0.25, 0.3) is 5.91 Å². The Labute approximate surface area is 196 Å². The highest BCUT2D eigenvalue weighted by molar-refractivity contribution is 7.98. The second-order valence-electron chi connectivity index (χ2n) is 8.04. The topological polar surface area (TPSA) is 74.4 Å². The zero-order chi connectivity index (χ0) is 22.8. The van der Waals surface area contributed by atoms with Crippen LogP contribution in [0.5, 0.6) is 0 Å². The van der Waals surface area contributed by atoms with Crippen LogP contribution < -0.4 is 5.32 Å². The maximum absolute atomic E-state index is 13.0. The molecule has 2 N–H and O–H groups in total. The number of carbonyl (C=O) groups excluding carboxylic acids is 2. The van der Waals surface area contributed by atoms with E-state index >= 15 is 0 Å². The van der Waals surface area contributed by atoms with Gasteiger partial charge in [-0.05, 0) is 61.1 Å². The third-order valence-electron chi connectivity index (χ3n) is 6.00. The number of methoxy groups -OCH3 is 1. The average molecular weight is 472 g/mol. The molecule has 3 aromatic rings. The quantitative estimate of drug-likeness (QED) is 0.412. The third kappa shape index (κ3) is 4.65. The van der Waals surface area contributed by atoms with Crippen molar-refractivity contribution in [2.75, 3.05) is 19.9 Å². The smallest absolute Gasteiger partial charge is 0.323 e. The largest absolute Gasteiger partial charge is 0.468 e. The molecule has 0 spiro atoms. The fraction of sp³-hybridized carbons (Fsp3) is 0.333. The number of aromatic amines is 1. The number of likely N-dealkylation sites (tertiary alicyclic amines) is 1. The fourth-order valence-corrected chi connectivity index (χ4v) is 4.89. The zero-order valence-electron chi connectivity index (χ0n) is 18.3. The van der Waals surface area contributed by atoms with E-state index in [9.17, 15) is 9.59 Å². The molecule has 1 aliphatic rings. The number of hydrogen-bond donors (Lipinski definition) is 2. The van der Waals surface area contributed by atoms with Crippen molar-refractivity contribution in [1.29, 1.82) is 0 Å². The number of rotatable bonds is 6. The molecule has 1 aliphatic heterocycles. The van der Waals surface area contributed by atoms with Crippen LogP contribution in [-0.2, 0) is 16.1 Å². The molecule has 0 saturated carbocycles. The second kappa shape index (κ2) is 9.57. The first-order valence-corrected chi connectivity index (χ1v) is 12.0. The second-order valence-corrected chi connectivity index (χ2v) is 9.35. The summed E-state index contributed by atoms with van der Waals surface area (Å²) in [5.74, 6) is -0.464. The molecule has 0 unspecified atom stereocenters. The van der Waals surface area contributed by atoms with Gasteiger partial charge < -0.3 is 15.0 Å². The van der Waals surface area contributed by atoms with Gasteiger partial charge in [0.2, 0.25) is 0 Å². The van der Waals surface area contributed by atoms with Crippen molar-refractivity contribution in [3.63, 3.8) is 0 Å². The standard InChI is InChI=1S/C24H26ClN3O3S/c1-14-19-10-16(25)6-9-20(19)27-22(14)23(29)26-17-11-21(24(30)31-2)28(13-17)12-15-4-7-18(32-3)8-5-15/h4-10,17,21,27H,11-13H2,1-3H3,(H,26,29)/t17-,21+/m1/s1. The summed E-state index contributed by atoms with van der Waals surface area (Å²) in [5.41, 5.74) is 3.36. The van der Waals surface area contributed by atoms with Gasteiger partial charge in [-0.25, -0.2) is 0 Å². The van der Waals surface area contributed by atoms with E-state index in [1.165, 1.54) is 12.0 Å². The first-order chi connectivity index (χ1) is 15.4. The van der Waals surface area contributed by atoms with Crippen molar-refractivity contribution in [3.05, 3.63) is 64.3 Å². The van der Waals surface area contributed by atoms with Crippen molar-refractivity contribution in [2.24, 2.45) is 0 Å². The van der Waals surface area contributed by atoms with Crippen LogP contribution in [0, 0.1) is 6.92 Å². The van der Waals surface area contributed by atoms with Gasteiger partial charge in [0.05, 0.1) is 7.11 Å². The number of nitrogens with one attached hydrogen (secondary N) is 2. The van der Waals surface area contributed by atoms with Gasteiger partial charge in [0, 0.05) is 40.0 Å². The molecule has 1 saturated heterocycles. The number of halogens is 1. The van der Waals surface area contributed by atoms with Crippen LogP contribution in [0.15, 0.2) is 47.4 Å². The number of ether oxygens (including phenoxy) is 1. The summed E-state index contributed by atoms with van der Waals surface area (Å²) < 4.78 is 5.03. The molecular formula is C24H26ClN3O3S. The maximum Gasteiger partial charge on any atom is 0.323 e. The van der Waals surface area contributed by atoms with E-state index in [0.717, 1.165) is 22.0 Å². The van der Waals surface area contributed by atoms with Crippen LogP contribution in [0.1, 0.15) is 28.0 Å². The SMILES string of the molecule is COC(=O)[C@@H]1C[C@@H](NC(=O)c2[nH]c3ccc(Cl)cc3c2C)CN1Cc1ccc(SC)cc1. The van der Waals surface area contributed by atoms with E-state index in [1.54, 1.807) is 17.8 Å². The minimum Gasteiger partial charge on any atom is -0.468 e. The van der Waals surface area contributed by atoms with Crippen LogP contribution in [-0.4, -0.2) is 53.8 Å². The molecule has 6 nitrogen and oxygen atoms in total. The molecule has 0 aliphatic carbocycles. The molecule has 0 bridgehead atoms. The number of nitrogens with zero attached hydrogens (tertiary/aromatic N) is 1. The van der Waals surface area contributed by atoms with E-state index in [2.05, 4.69) is 39.5 Å². The lowest BCUT2D eigenvalue weighted by Gasteiger charge is -2.22. The first kappa shape index (κ1) is 22.7. The Morgan fingerprint density at radius 3 is 2.69 bits per heavy atom. The molecule has 1 amide bonds. The van der Waals surface area contributed by atoms with Gasteiger partial charge in [0.1, 0.15) is 11.7 Å². The van der Waals surface area contributed by atoms with Gasteiger partial charge >= 0.3 is 5.97 Å². The van der Waals surface area contributed by atoms with Crippen LogP contribution >= 0.6 is 23.4 Å². The van der Waals surface area contributed by atoms with Gasteiger partial charge in [-0.1, -0.05) is 23.7 Å². The van der Waals surface area contributed by atoms with Crippen LogP contribution in [0.25, 0.3) is 10.9 Å². The van der Waals surface area contributed by atoms with Crippen molar-refractivity contribution in [2.45, 2.75) is 36.9 Å². The summed E-state index contributed by atoms with van der Waals surface area (Å²) >= 11 is 7.80. The Balaban J connectivity index is 1.49. The summed E-state index contributed by atoms with van der Waals surface area (Å²) in [5, 5.41) is 4.66. The third-order valence-corrected chi connectivity index (χ3v) is 6.98. The minimum atomic E-state index is -0.395. The highest BCUT2D eigenvalue weighted by Gasteiger charge is 2.38. The van der Waals surface area contributed by atoms with E-state index in [4.69, 9.17) is 16.3 Å². The fourth-order valence-electron chi connectivity index (χ4n) is 4.31. The number of fused-ring (bicyclic) bond motifs is 1. The van der Waals surface area contributed by atoms with Gasteiger partial charge in [-0.2, -0.15) is 0 Å². The summed E-state index contributed by atoms with van der Waals surface area (Å²) in [6, 6.07) is 13.3. The Morgan fingerprint density at radius 2 is 2.00 bits per heavy atom. The zero-order valence-corrected chi connectivity index (χ0v) is 19.8. The van der Waals surface area contributed by atoms with E-state index in [0.29, 0.717) is 30.2 Å². The average Bonchev–Trinajstić information content (AvgIpc) is 3.34. The predicted octanol–water partition coefficient (Wildman–Crippen LogP) is 4.40. The lowest BCUT2D eigenvalue weighted by atomic mass is 10.1. The number of amides is 1. The van der Waals surface area contributed by atoms with E-state index in [-0.39, 0.29) is 17.9 Å². The molecule has 2 atom stereocenters. The Bertz CT molecular complexity index is 1150. The van der Waals surface area contributed by atoms with E-state index < -0.39 is 6.04 Å². The van der Waals surface area contributed by atoms with Crippen molar-refractivity contribution >= 4 is 46.1 Å². The molecule has 4 rings (SSSR count). The van der Waals surface area contributed by atoms with Gasteiger partial charge in [-0.3, -0.25) is 14.5 Å². The summed E-state index contributed by atoms with van der Waals surface area (Å²) in [6.45, 7) is 3.09. The predicted molar refractivity (Wildman–Crippen MR) is 128 cm³/mol. The summed E-state index contributed by atoms with van der Waals surface area (Å²) in [4.78, 5) is 31.9. The molecule has 168 valence electrons. The number of H-pyrrole nitrogens is 1. The number of thioether (sulfide) groups is 1. The lowest BCUT2D eigenvalue weighted by molar-refractivity contribution is -0.146. The van der Waals surface area contributed by atoms with Crippen molar-refractivity contribution in [3.8, 4) is 0 Å². The summed E-state index contributed by atoms with van der Waals surface area (Å²) in [7, 11) is 1.40. The van der Waals surface area contributed by atoms with Crippen LogP contribution in [0.4, 0.5) is 0 Å². The highest BCUT2D eigenvalue weighted by Crippen LogP contribution is 2.27. The highest BCUT2D eigenvalue weighted by atomic mass is 35.5. The molecule has 8 heteroatoms. The lowest BCUT2D eigenvalue weighted by Crippen LogP contribution is -2.38. The van der Waals surface area contributed by atoms with Gasteiger partial charge in [-0.15, -0.1) is 11.8 Å². The van der Waals surface area contributed by atoms with Crippen LogP contribution in [0.2, 0.25) is 5.02 Å². The van der Waals surface area contributed by atoms with Crippen molar-refractivity contribution < 1.29 is 14.3 Å². The van der Waals surface area contributed by atoms with Gasteiger partial charge in [0.15, 0.2) is 0 Å². The van der Waals surface area contributed by atoms with E-state index in [1.807, 2.05) is 25.3 Å². The molecule has 1 fully saturated rings. The number of esters is 1. The molecular weight excluding hydrogens is 446 g/mol. The molecule has 0 radical (unpaired) electrons. The Kier molecular flexibility index (Phi) is 6.79. The maximum atomic E-state index is 13.0. The number of benzene rings is 2. The molecule has 32 heavy (non-hydrogen) atoms. The Hall–Kier alpha value is -2.48. The number of hydrogen-bond acceptors (Lipinski definition) is 5.